The van der Waals surface area contributed by atoms with Crippen molar-refractivity contribution in [1.82, 2.24) is 10.0 Å². The van der Waals surface area contributed by atoms with Crippen LogP contribution in [0.25, 0.3) is 0 Å². The van der Waals surface area contributed by atoms with Crippen molar-refractivity contribution in [2.45, 2.75) is 24.1 Å². The molecule has 0 aliphatic carbocycles. The molecule has 1 aromatic heterocycles. The summed E-state index contributed by atoms with van der Waals surface area (Å²) in [4.78, 5) is 11.4. The molecule has 1 rings (SSSR count). The number of rotatable bonds is 5. The van der Waals surface area contributed by atoms with Crippen LogP contribution in [0.3, 0.4) is 0 Å². The van der Waals surface area contributed by atoms with Gasteiger partial charge in [-0.05, 0) is 41.9 Å². The van der Waals surface area contributed by atoms with Gasteiger partial charge in [0.2, 0.25) is 5.91 Å². The topological polar surface area (TPSA) is 75.3 Å². The minimum absolute atomic E-state index is 0.181. The monoisotopic (exact) mass is 340 g/mol. The van der Waals surface area contributed by atoms with Crippen molar-refractivity contribution >= 4 is 43.2 Å². The molecule has 1 aromatic rings. The number of hydrogen-bond donors (Lipinski definition) is 2. The second-order valence-corrected chi connectivity index (χ2v) is 7.70. The first-order valence-corrected chi connectivity index (χ1v) is 8.01. The van der Waals surface area contributed by atoms with Crippen LogP contribution in [0.4, 0.5) is 0 Å². The lowest BCUT2D eigenvalue weighted by Gasteiger charge is -2.12. The minimum atomic E-state index is -3.62. The van der Waals surface area contributed by atoms with Gasteiger partial charge in [-0.3, -0.25) is 4.79 Å². The van der Waals surface area contributed by atoms with Gasteiger partial charge in [0.1, 0.15) is 4.21 Å². The van der Waals surface area contributed by atoms with Crippen LogP contribution >= 0.6 is 27.3 Å². The quantitative estimate of drug-likeness (QED) is 0.848. The number of thiophene rings is 1. The Morgan fingerprint density at radius 2 is 2.18 bits per heavy atom. The van der Waals surface area contributed by atoms with Crippen molar-refractivity contribution in [3.8, 4) is 0 Å². The molecule has 0 unspecified atom stereocenters. The van der Waals surface area contributed by atoms with Crippen molar-refractivity contribution in [3.63, 3.8) is 0 Å². The highest BCUT2D eigenvalue weighted by Gasteiger charge is 2.22. The molecule has 0 spiro atoms. The van der Waals surface area contributed by atoms with Gasteiger partial charge in [0, 0.05) is 6.54 Å². The van der Waals surface area contributed by atoms with Gasteiger partial charge >= 0.3 is 0 Å². The van der Waals surface area contributed by atoms with E-state index in [1.807, 2.05) is 0 Å². The molecule has 96 valence electrons. The number of sulfonamides is 1. The van der Waals surface area contributed by atoms with Crippen molar-refractivity contribution in [2.24, 2.45) is 0 Å². The first kappa shape index (κ1) is 14.6. The second kappa shape index (κ2) is 5.94. The van der Waals surface area contributed by atoms with Gasteiger partial charge in [0.15, 0.2) is 0 Å². The normalized spacial score (nSPS) is 13.4. The summed E-state index contributed by atoms with van der Waals surface area (Å²) < 4.78 is 27.0. The van der Waals surface area contributed by atoms with Crippen LogP contribution in [0.1, 0.15) is 13.8 Å². The highest BCUT2D eigenvalue weighted by Crippen LogP contribution is 2.25. The number of carbonyl (C=O) groups excluding carboxylic acids is 1. The van der Waals surface area contributed by atoms with Gasteiger partial charge in [0.05, 0.1) is 9.83 Å². The number of nitrogens with one attached hydrogen (secondary N) is 2. The van der Waals surface area contributed by atoms with Crippen LogP contribution in [-0.4, -0.2) is 26.9 Å². The Labute approximate surface area is 113 Å². The summed E-state index contributed by atoms with van der Waals surface area (Å²) in [6.07, 6.45) is 0. The second-order valence-electron chi connectivity index (χ2n) is 3.30. The lowest BCUT2D eigenvalue weighted by molar-refractivity contribution is -0.122. The summed E-state index contributed by atoms with van der Waals surface area (Å²) in [6.45, 7) is 3.75. The van der Waals surface area contributed by atoms with E-state index in [0.29, 0.717) is 6.54 Å². The van der Waals surface area contributed by atoms with Gasteiger partial charge in [-0.2, -0.15) is 4.72 Å². The van der Waals surface area contributed by atoms with Crippen molar-refractivity contribution in [1.29, 1.82) is 0 Å². The zero-order valence-electron chi connectivity index (χ0n) is 9.36. The zero-order chi connectivity index (χ0) is 13.1. The lowest BCUT2D eigenvalue weighted by Crippen LogP contribution is -2.44. The Bertz CT molecular complexity index is 498. The molecule has 0 saturated carbocycles. The van der Waals surface area contributed by atoms with E-state index in [0.717, 1.165) is 15.1 Å². The highest BCUT2D eigenvalue weighted by atomic mass is 79.9. The summed E-state index contributed by atoms with van der Waals surface area (Å²) >= 11 is 4.29. The van der Waals surface area contributed by atoms with Crippen LogP contribution in [0.15, 0.2) is 20.1 Å². The zero-order valence-corrected chi connectivity index (χ0v) is 12.6. The van der Waals surface area contributed by atoms with E-state index >= 15 is 0 Å². The summed E-state index contributed by atoms with van der Waals surface area (Å²) in [5.74, 6) is -0.341. The first-order chi connectivity index (χ1) is 7.86. The van der Waals surface area contributed by atoms with Crippen molar-refractivity contribution in [3.05, 3.63) is 15.9 Å². The Morgan fingerprint density at radius 1 is 1.53 bits per heavy atom. The molecule has 1 atom stereocenters. The first-order valence-electron chi connectivity index (χ1n) is 4.92. The molecular formula is C9H13BrN2O3S2. The number of amides is 1. The predicted octanol–water partition coefficient (Wildman–Crippen LogP) is 1.31. The molecule has 1 amide bonds. The predicted molar refractivity (Wildman–Crippen MR) is 70.5 cm³/mol. The largest absolute Gasteiger partial charge is 0.355 e. The fraction of sp³-hybridized carbons (Fsp3) is 0.444. The Kier molecular flexibility index (Phi) is 5.11. The summed E-state index contributed by atoms with van der Waals surface area (Å²) in [5.41, 5.74) is 0. The van der Waals surface area contributed by atoms with Crippen molar-refractivity contribution < 1.29 is 13.2 Å². The van der Waals surface area contributed by atoms with E-state index in [2.05, 4.69) is 26.0 Å². The van der Waals surface area contributed by atoms with Gasteiger partial charge in [-0.15, -0.1) is 11.3 Å². The number of likely N-dealkylation sites (N-methyl/N-ethyl adjacent to an activating group) is 1. The molecule has 5 nitrogen and oxygen atoms in total. The molecular weight excluding hydrogens is 328 g/mol. The molecule has 0 radical (unpaired) electrons. The SMILES string of the molecule is CCNC(=O)[C@H](C)NS(=O)(=O)c1ccc(Br)s1. The van der Waals surface area contributed by atoms with Crippen LogP contribution < -0.4 is 10.0 Å². The molecule has 0 saturated heterocycles. The van der Waals surface area contributed by atoms with Crippen LogP contribution in [0.2, 0.25) is 0 Å². The van der Waals surface area contributed by atoms with E-state index in [4.69, 9.17) is 0 Å². The molecule has 8 heteroatoms. The maximum atomic E-state index is 11.9. The number of halogens is 1. The maximum absolute atomic E-state index is 11.9. The lowest BCUT2D eigenvalue weighted by atomic mass is 10.3. The van der Waals surface area contributed by atoms with Gasteiger partial charge in [-0.25, -0.2) is 8.42 Å². The molecule has 0 bridgehead atoms. The number of hydrogen-bond acceptors (Lipinski definition) is 4. The van der Waals surface area contributed by atoms with Crippen LogP contribution in [-0.2, 0) is 14.8 Å². The fourth-order valence-corrected chi connectivity index (χ4v) is 4.34. The third-order valence-corrected chi connectivity index (χ3v) is 5.55. The number of carbonyl (C=O) groups is 1. The Balaban J connectivity index is 2.77. The molecule has 0 aromatic carbocycles. The van der Waals surface area contributed by atoms with E-state index in [1.54, 1.807) is 13.0 Å². The van der Waals surface area contributed by atoms with Gasteiger partial charge in [0.25, 0.3) is 10.0 Å². The van der Waals surface area contributed by atoms with Crippen LogP contribution in [0.5, 0.6) is 0 Å². The standard InChI is InChI=1S/C9H13BrN2O3S2/c1-3-11-9(13)6(2)12-17(14,15)8-5-4-7(10)16-8/h4-6,12H,3H2,1-2H3,(H,11,13)/t6-/m0/s1. The molecule has 0 fully saturated rings. The molecule has 0 aliphatic rings. The Hall–Kier alpha value is -0.440. The van der Waals surface area contributed by atoms with E-state index in [-0.39, 0.29) is 10.1 Å². The summed E-state index contributed by atoms with van der Waals surface area (Å²) in [5, 5.41) is 2.55. The summed E-state index contributed by atoms with van der Waals surface area (Å²) in [7, 11) is -3.62. The molecule has 0 aliphatic heterocycles. The maximum Gasteiger partial charge on any atom is 0.250 e. The van der Waals surface area contributed by atoms with E-state index < -0.39 is 16.1 Å². The smallest absolute Gasteiger partial charge is 0.250 e. The fourth-order valence-electron chi connectivity index (χ4n) is 1.11. The van der Waals surface area contributed by atoms with Crippen LogP contribution in [0, 0.1) is 0 Å². The molecule has 17 heavy (non-hydrogen) atoms. The average Bonchev–Trinajstić information content (AvgIpc) is 2.65. The van der Waals surface area contributed by atoms with E-state index in [1.165, 1.54) is 13.0 Å². The average molecular weight is 341 g/mol. The third-order valence-electron chi connectivity index (χ3n) is 1.89. The molecule has 1 heterocycles. The summed E-state index contributed by atoms with van der Waals surface area (Å²) in [6, 6.07) is 2.35. The van der Waals surface area contributed by atoms with Gasteiger partial charge < -0.3 is 5.32 Å². The van der Waals surface area contributed by atoms with Gasteiger partial charge in [-0.1, -0.05) is 0 Å². The van der Waals surface area contributed by atoms with E-state index in [9.17, 15) is 13.2 Å². The van der Waals surface area contributed by atoms with Crippen molar-refractivity contribution in [2.75, 3.05) is 6.54 Å². The third kappa shape index (κ3) is 4.06. The molecule has 2 N–H and O–H groups in total. The minimum Gasteiger partial charge on any atom is -0.355 e. The Morgan fingerprint density at radius 3 is 2.65 bits per heavy atom. The highest BCUT2D eigenvalue weighted by molar-refractivity contribution is 9.11.